The van der Waals surface area contributed by atoms with Crippen LogP contribution in [0, 0.1) is 5.92 Å². The highest BCUT2D eigenvalue weighted by Gasteiger charge is 2.49. The highest BCUT2D eigenvalue weighted by Crippen LogP contribution is 2.26. The average Bonchev–Trinajstić information content (AvgIpc) is 2.44. The number of nitrogens with one attached hydrogen (secondary N) is 2. The molecule has 0 aromatic heterocycles. The molecule has 0 saturated carbocycles. The van der Waals surface area contributed by atoms with E-state index >= 15 is 0 Å². The van der Waals surface area contributed by atoms with E-state index in [1.165, 1.54) is 0 Å². The molecule has 3 aliphatic rings. The zero-order chi connectivity index (χ0) is 18.0. The van der Waals surface area contributed by atoms with Crippen molar-refractivity contribution in [2.45, 2.75) is 64.6 Å². The summed E-state index contributed by atoms with van der Waals surface area (Å²) >= 11 is 0. The molecule has 5 heteroatoms. The molecule has 136 valence electrons. The van der Waals surface area contributed by atoms with E-state index in [0.717, 1.165) is 19.4 Å². The Labute approximate surface area is 146 Å². The minimum absolute atomic E-state index is 0.0293. The lowest BCUT2D eigenvalue weighted by molar-refractivity contribution is -0.136. The van der Waals surface area contributed by atoms with E-state index in [0.29, 0.717) is 13.1 Å². The van der Waals surface area contributed by atoms with Crippen LogP contribution in [0.1, 0.15) is 47.5 Å². The zero-order valence-corrected chi connectivity index (χ0v) is 15.8. The molecular weight excluding hydrogens is 302 g/mol. The summed E-state index contributed by atoms with van der Waals surface area (Å²) in [6, 6.07) is 0.237. The predicted molar refractivity (Wildman–Crippen MR) is 97.1 cm³/mol. The van der Waals surface area contributed by atoms with Gasteiger partial charge < -0.3 is 5.32 Å². The van der Waals surface area contributed by atoms with E-state index in [-0.39, 0.29) is 30.1 Å². The molecule has 2 bridgehead atoms. The Hall–Kier alpha value is -1.04. The summed E-state index contributed by atoms with van der Waals surface area (Å²) in [6.07, 6.45) is 5.97. The Balaban J connectivity index is 2.19. The molecule has 3 heterocycles. The maximum absolute atomic E-state index is 12.9. The second-order valence-corrected chi connectivity index (χ2v) is 8.19. The average molecular weight is 335 g/mol. The molecule has 1 atom stereocenters. The van der Waals surface area contributed by atoms with Crippen LogP contribution in [0.3, 0.4) is 0 Å². The van der Waals surface area contributed by atoms with Gasteiger partial charge in [0.25, 0.3) is 0 Å². The minimum atomic E-state index is -0.560. The standard InChI is InChI=1S/C19H33N3O2/c1-14(2)17(24)19-12-22(13-19)10-8-6-7-9-18(5,21-15(3)4)16(23)11-20-19/h6,8,14-15,20-21H,7,9-13H2,1-5H3/b8-6+/t18-/m1/s1. The number of fused-ring (bicyclic) bond motifs is 7. The highest BCUT2D eigenvalue weighted by atomic mass is 16.1. The van der Waals surface area contributed by atoms with Gasteiger partial charge in [-0.25, -0.2) is 0 Å². The van der Waals surface area contributed by atoms with Crippen LogP contribution in [0.5, 0.6) is 0 Å². The summed E-state index contributed by atoms with van der Waals surface area (Å²) in [4.78, 5) is 27.8. The first kappa shape index (κ1) is 19.3. The van der Waals surface area contributed by atoms with Crippen LogP contribution in [0.2, 0.25) is 0 Å². The zero-order valence-electron chi connectivity index (χ0n) is 15.8. The van der Waals surface area contributed by atoms with Crippen molar-refractivity contribution in [3.63, 3.8) is 0 Å². The van der Waals surface area contributed by atoms with Gasteiger partial charge >= 0.3 is 0 Å². The Kier molecular flexibility index (Phi) is 6.00. The van der Waals surface area contributed by atoms with Crippen molar-refractivity contribution in [3.05, 3.63) is 12.2 Å². The molecule has 1 fully saturated rings. The Bertz CT molecular complexity index is 507. The molecule has 0 aliphatic carbocycles. The summed E-state index contributed by atoms with van der Waals surface area (Å²) in [5.74, 6) is 0.323. The largest absolute Gasteiger partial charge is 0.303 e. The summed E-state index contributed by atoms with van der Waals surface area (Å²) in [5, 5.41) is 6.77. The minimum Gasteiger partial charge on any atom is -0.303 e. The van der Waals surface area contributed by atoms with Crippen molar-refractivity contribution in [3.8, 4) is 0 Å². The number of Topliss-reactive ketones (excluding diaryl/α,β-unsaturated/α-hetero) is 2. The Morgan fingerprint density at radius 1 is 1.25 bits per heavy atom. The molecule has 5 nitrogen and oxygen atoms in total. The van der Waals surface area contributed by atoms with Crippen LogP contribution >= 0.6 is 0 Å². The lowest BCUT2D eigenvalue weighted by Gasteiger charge is -2.50. The van der Waals surface area contributed by atoms with E-state index in [4.69, 9.17) is 0 Å². The van der Waals surface area contributed by atoms with Crippen molar-refractivity contribution in [1.82, 2.24) is 15.5 Å². The molecule has 0 spiro atoms. The molecule has 2 N–H and O–H groups in total. The van der Waals surface area contributed by atoms with Crippen molar-refractivity contribution >= 4 is 11.6 Å². The highest BCUT2D eigenvalue weighted by molar-refractivity contribution is 5.94. The molecule has 1 saturated heterocycles. The Morgan fingerprint density at radius 2 is 1.92 bits per heavy atom. The fourth-order valence-corrected chi connectivity index (χ4v) is 3.84. The third-order valence-electron chi connectivity index (χ3n) is 5.13. The molecule has 0 aromatic rings. The summed E-state index contributed by atoms with van der Waals surface area (Å²) in [5.41, 5.74) is -1.12. The number of hydrogen-bond acceptors (Lipinski definition) is 5. The summed E-state index contributed by atoms with van der Waals surface area (Å²) in [7, 11) is 0. The maximum Gasteiger partial charge on any atom is 0.166 e. The van der Waals surface area contributed by atoms with Gasteiger partial charge in [-0.1, -0.05) is 26.0 Å². The monoisotopic (exact) mass is 335 g/mol. The predicted octanol–water partition coefficient (Wildman–Crippen LogP) is 1.53. The first-order valence-corrected chi connectivity index (χ1v) is 9.16. The van der Waals surface area contributed by atoms with Crippen LogP contribution < -0.4 is 10.6 Å². The van der Waals surface area contributed by atoms with Crippen LogP contribution in [0.25, 0.3) is 0 Å². The second kappa shape index (κ2) is 7.46. The number of ketones is 2. The molecule has 0 amide bonds. The van der Waals surface area contributed by atoms with Gasteiger partial charge in [0.05, 0.1) is 12.1 Å². The van der Waals surface area contributed by atoms with Crippen molar-refractivity contribution in [1.29, 1.82) is 0 Å². The Morgan fingerprint density at radius 3 is 2.50 bits per heavy atom. The number of carbonyl (C=O) groups excluding carboxylic acids is 2. The molecule has 3 aliphatic heterocycles. The van der Waals surface area contributed by atoms with E-state index in [9.17, 15) is 9.59 Å². The molecule has 0 radical (unpaired) electrons. The van der Waals surface area contributed by atoms with Gasteiger partial charge in [-0.2, -0.15) is 0 Å². The number of rotatable bonds is 4. The summed E-state index contributed by atoms with van der Waals surface area (Å²) < 4.78 is 0. The van der Waals surface area contributed by atoms with Crippen LogP contribution in [0.4, 0.5) is 0 Å². The van der Waals surface area contributed by atoms with Gasteiger partial charge in [0.1, 0.15) is 5.54 Å². The van der Waals surface area contributed by atoms with E-state index < -0.39 is 11.1 Å². The van der Waals surface area contributed by atoms with Crippen molar-refractivity contribution < 1.29 is 9.59 Å². The summed E-state index contributed by atoms with van der Waals surface area (Å²) in [6.45, 7) is 12.5. The van der Waals surface area contributed by atoms with Crippen LogP contribution in [0.15, 0.2) is 12.2 Å². The fourth-order valence-electron chi connectivity index (χ4n) is 3.84. The van der Waals surface area contributed by atoms with E-state index in [1.54, 1.807) is 0 Å². The number of nitrogens with zero attached hydrogens (tertiary/aromatic N) is 1. The molecule has 0 aromatic carbocycles. The number of carbonyl (C=O) groups is 2. The lowest BCUT2D eigenvalue weighted by atomic mass is 9.79. The van der Waals surface area contributed by atoms with Crippen molar-refractivity contribution in [2.24, 2.45) is 5.92 Å². The third kappa shape index (κ3) is 4.13. The maximum atomic E-state index is 12.9. The molecule has 0 unspecified atom stereocenters. The lowest BCUT2D eigenvalue weighted by Crippen LogP contribution is -2.75. The molecule has 3 rings (SSSR count). The molecular formula is C19H33N3O2. The van der Waals surface area contributed by atoms with Gasteiger partial charge in [0, 0.05) is 31.6 Å². The van der Waals surface area contributed by atoms with Crippen molar-refractivity contribution in [2.75, 3.05) is 26.2 Å². The second-order valence-electron chi connectivity index (χ2n) is 8.19. The normalized spacial score (nSPS) is 36.0. The van der Waals surface area contributed by atoms with Gasteiger partial charge in [0.2, 0.25) is 0 Å². The van der Waals surface area contributed by atoms with Gasteiger partial charge in [-0.05, 0) is 33.6 Å². The molecule has 24 heavy (non-hydrogen) atoms. The quantitative estimate of drug-likeness (QED) is 0.763. The van der Waals surface area contributed by atoms with Gasteiger partial charge in [-0.3, -0.25) is 19.8 Å². The van der Waals surface area contributed by atoms with Crippen LogP contribution in [-0.2, 0) is 9.59 Å². The fraction of sp³-hybridized carbons (Fsp3) is 0.789. The van der Waals surface area contributed by atoms with Gasteiger partial charge in [0.15, 0.2) is 11.6 Å². The topological polar surface area (TPSA) is 61.4 Å². The number of allylic oxidation sites excluding steroid dienone is 1. The van der Waals surface area contributed by atoms with E-state index in [2.05, 4.69) is 41.5 Å². The SMILES string of the molecule is CC(C)N[C@]1(C)CC/C=C/CN2CC(C(=O)C(C)C)(C2)NCC1=O. The number of hydrogen-bond donors (Lipinski definition) is 2. The van der Waals surface area contributed by atoms with Crippen LogP contribution in [-0.4, -0.2) is 59.8 Å². The third-order valence-corrected chi connectivity index (χ3v) is 5.13. The van der Waals surface area contributed by atoms with E-state index in [1.807, 2.05) is 20.8 Å². The smallest absolute Gasteiger partial charge is 0.166 e. The first-order valence-electron chi connectivity index (χ1n) is 9.16. The van der Waals surface area contributed by atoms with Gasteiger partial charge in [-0.15, -0.1) is 0 Å². The first-order chi connectivity index (χ1) is 11.2.